The molecule has 0 bridgehead atoms. The fourth-order valence-corrected chi connectivity index (χ4v) is 2.30. The molecule has 0 aliphatic rings. The Labute approximate surface area is 130 Å². The molecular weight excluding hydrogens is 284 g/mol. The van der Waals surface area contributed by atoms with E-state index in [0.717, 1.165) is 22.4 Å². The Balaban J connectivity index is 2.15. The Hall–Kier alpha value is -2.02. The number of ether oxygens (including phenoxy) is 1. The predicted octanol–water partition coefficient (Wildman–Crippen LogP) is 3.82. The molecule has 2 aromatic carbocycles. The molecule has 3 nitrogen and oxygen atoms in total. The van der Waals surface area contributed by atoms with Crippen LogP contribution in [0.4, 0.5) is 0 Å². The van der Waals surface area contributed by atoms with Gasteiger partial charge in [-0.05, 0) is 55.4 Å². The van der Waals surface area contributed by atoms with Gasteiger partial charge in [-0.2, -0.15) is 5.26 Å². The Bertz CT molecular complexity index is 677. The molecule has 0 aliphatic heterocycles. The van der Waals surface area contributed by atoms with Gasteiger partial charge in [-0.15, -0.1) is 0 Å². The van der Waals surface area contributed by atoms with Crippen LogP contribution in [0.1, 0.15) is 22.3 Å². The standard InChI is InChI=1S/C17H17ClN2O/c1-12-7-13(9-19)3-4-14(12)11-21-17-6-5-16(18)8-15(17)10-20-2/h3-8,20H,10-11H2,1-2H3. The Morgan fingerprint density at radius 2 is 2.00 bits per heavy atom. The van der Waals surface area contributed by atoms with Gasteiger partial charge in [0.15, 0.2) is 0 Å². The van der Waals surface area contributed by atoms with E-state index in [2.05, 4.69) is 11.4 Å². The molecular formula is C17H17ClN2O. The zero-order valence-corrected chi connectivity index (χ0v) is 12.9. The molecule has 108 valence electrons. The van der Waals surface area contributed by atoms with Gasteiger partial charge in [0, 0.05) is 17.1 Å². The van der Waals surface area contributed by atoms with Crippen molar-refractivity contribution >= 4 is 11.6 Å². The number of hydrogen-bond acceptors (Lipinski definition) is 3. The van der Waals surface area contributed by atoms with Gasteiger partial charge in [-0.25, -0.2) is 0 Å². The van der Waals surface area contributed by atoms with E-state index in [1.54, 1.807) is 0 Å². The molecule has 0 radical (unpaired) electrons. The van der Waals surface area contributed by atoms with Crippen molar-refractivity contribution in [3.63, 3.8) is 0 Å². The molecule has 0 atom stereocenters. The lowest BCUT2D eigenvalue weighted by Crippen LogP contribution is -2.08. The summed E-state index contributed by atoms with van der Waals surface area (Å²) >= 11 is 6.01. The lowest BCUT2D eigenvalue weighted by atomic mass is 10.1. The maximum atomic E-state index is 8.88. The van der Waals surface area contributed by atoms with Crippen LogP contribution in [-0.4, -0.2) is 7.05 Å². The van der Waals surface area contributed by atoms with Crippen molar-refractivity contribution in [3.05, 3.63) is 63.7 Å². The van der Waals surface area contributed by atoms with Crippen LogP contribution in [0.3, 0.4) is 0 Å². The quantitative estimate of drug-likeness (QED) is 0.913. The molecule has 2 rings (SSSR count). The first-order chi connectivity index (χ1) is 10.1. The second kappa shape index (κ2) is 7.12. The number of hydrogen-bond donors (Lipinski definition) is 1. The summed E-state index contributed by atoms with van der Waals surface area (Å²) in [7, 11) is 1.88. The summed E-state index contributed by atoms with van der Waals surface area (Å²) in [5, 5.41) is 12.7. The number of aryl methyl sites for hydroxylation is 1. The number of nitrogens with zero attached hydrogens (tertiary/aromatic N) is 1. The Kier molecular flexibility index (Phi) is 5.21. The number of rotatable bonds is 5. The highest BCUT2D eigenvalue weighted by Gasteiger charge is 2.06. The van der Waals surface area contributed by atoms with Crippen molar-refractivity contribution in [2.24, 2.45) is 0 Å². The SMILES string of the molecule is CNCc1cc(Cl)ccc1OCc1ccc(C#N)cc1C. The van der Waals surface area contributed by atoms with Crippen molar-refractivity contribution in [2.75, 3.05) is 7.05 Å². The summed E-state index contributed by atoms with van der Waals surface area (Å²) < 4.78 is 5.90. The lowest BCUT2D eigenvalue weighted by Gasteiger charge is -2.13. The van der Waals surface area contributed by atoms with Crippen LogP contribution in [0.5, 0.6) is 5.75 Å². The van der Waals surface area contributed by atoms with Crippen LogP contribution in [0.15, 0.2) is 36.4 Å². The van der Waals surface area contributed by atoms with E-state index in [1.807, 2.05) is 50.4 Å². The van der Waals surface area contributed by atoms with Crippen molar-refractivity contribution in [3.8, 4) is 11.8 Å². The highest BCUT2D eigenvalue weighted by Crippen LogP contribution is 2.24. The summed E-state index contributed by atoms with van der Waals surface area (Å²) in [6.45, 7) is 3.15. The Morgan fingerprint density at radius 3 is 2.67 bits per heavy atom. The summed E-state index contributed by atoms with van der Waals surface area (Å²) in [5.74, 6) is 0.817. The van der Waals surface area contributed by atoms with Gasteiger partial charge in [-0.1, -0.05) is 17.7 Å². The minimum Gasteiger partial charge on any atom is -0.489 e. The third kappa shape index (κ3) is 3.98. The van der Waals surface area contributed by atoms with Crippen LogP contribution >= 0.6 is 11.6 Å². The van der Waals surface area contributed by atoms with E-state index >= 15 is 0 Å². The van der Waals surface area contributed by atoms with Crippen molar-refractivity contribution < 1.29 is 4.74 Å². The molecule has 0 spiro atoms. The first-order valence-electron chi connectivity index (χ1n) is 6.69. The fourth-order valence-electron chi connectivity index (χ4n) is 2.10. The van der Waals surface area contributed by atoms with Gasteiger partial charge in [0.25, 0.3) is 0 Å². The third-order valence-electron chi connectivity index (χ3n) is 3.24. The van der Waals surface area contributed by atoms with Crippen LogP contribution in [0.25, 0.3) is 0 Å². The van der Waals surface area contributed by atoms with Gasteiger partial charge < -0.3 is 10.1 Å². The number of halogens is 1. The predicted molar refractivity (Wildman–Crippen MR) is 84.4 cm³/mol. The number of nitriles is 1. The largest absolute Gasteiger partial charge is 0.489 e. The highest BCUT2D eigenvalue weighted by atomic mass is 35.5. The first-order valence-corrected chi connectivity index (χ1v) is 7.07. The number of nitrogens with one attached hydrogen (secondary N) is 1. The second-order valence-corrected chi connectivity index (χ2v) is 5.26. The minimum absolute atomic E-state index is 0.468. The van der Waals surface area contributed by atoms with E-state index in [4.69, 9.17) is 21.6 Å². The van der Waals surface area contributed by atoms with Crippen molar-refractivity contribution in [1.82, 2.24) is 5.32 Å². The molecule has 0 amide bonds. The van der Waals surface area contributed by atoms with E-state index in [9.17, 15) is 0 Å². The monoisotopic (exact) mass is 300 g/mol. The average molecular weight is 301 g/mol. The first kappa shape index (κ1) is 15.4. The van der Waals surface area contributed by atoms with Crippen molar-refractivity contribution in [2.45, 2.75) is 20.1 Å². The summed E-state index contributed by atoms with van der Waals surface area (Å²) in [6, 6.07) is 13.4. The third-order valence-corrected chi connectivity index (χ3v) is 3.48. The smallest absolute Gasteiger partial charge is 0.124 e. The molecule has 0 heterocycles. The summed E-state index contributed by atoms with van der Waals surface area (Å²) in [4.78, 5) is 0. The molecule has 0 fully saturated rings. The maximum absolute atomic E-state index is 8.88. The van der Waals surface area contributed by atoms with Crippen LogP contribution in [-0.2, 0) is 13.2 Å². The van der Waals surface area contributed by atoms with Gasteiger partial charge in [-0.3, -0.25) is 0 Å². The molecule has 0 saturated carbocycles. The van der Waals surface area contributed by atoms with Gasteiger partial charge in [0.2, 0.25) is 0 Å². The van der Waals surface area contributed by atoms with E-state index in [-0.39, 0.29) is 0 Å². The molecule has 0 aliphatic carbocycles. The van der Waals surface area contributed by atoms with Crippen LogP contribution in [0.2, 0.25) is 5.02 Å². The lowest BCUT2D eigenvalue weighted by molar-refractivity contribution is 0.301. The molecule has 0 saturated heterocycles. The average Bonchev–Trinajstić information content (AvgIpc) is 2.48. The normalized spacial score (nSPS) is 10.2. The fraction of sp³-hybridized carbons (Fsp3) is 0.235. The van der Waals surface area contributed by atoms with Gasteiger partial charge in [0.1, 0.15) is 12.4 Å². The van der Waals surface area contributed by atoms with Crippen LogP contribution < -0.4 is 10.1 Å². The topological polar surface area (TPSA) is 45.0 Å². The van der Waals surface area contributed by atoms with Crippen LogP contribution in [0, 0.1) is 18.3 Å². The van der Waals surface area contributed by atoms with E-state index in [0.29, 0.717) is 23.7 Å². The zero-order chi connectivity index (χ0) is 15.2. The summed E-state index contributed by atoms with van der Waals surface area (Å²) in [6.07, 6.45) is 0. The highest BCUT2D eigenvalue weighted by molar-refractivity contribution is 6.30. The van der Waals surface area contributed by atoms with Gasteiger partial charge >= 0.3 is 0 Å². The molecule has 0 unspecified atom stereocenters. The van der Waals surface area contributed by atoms with Gasteiger partial charge in [0.05, 0.1) is 11.6 Å². The molecule has 21 heavy (non-hydrogen) atoms. The molecule has 1 N–H and O–H groups in total. The zero-order valence-electron chi connectivity index (χ0n) is 12.1. The van der Waals surface area contributed by atoms with E-state index < -0.39 is 0 Å². The summed E-state index contributed by atoms with van der Waals surface area (Å²) in [5.41, 5.74) is 3.81. The minimum atomic E-state index is 0.468. The second-order valence-electron chi connectivity index (χ2n) is 4.82. The molecule has 4 heteroatoms. The Morgan fingerprint density at radius 1 is 1.19 bits per heavy atom. The molecule has 0 aromatic heterocycles. The van der Waals surface area contributed by atoms with Crippen molar-refractivity contribution in [1.29, 1.82) is 5.26 Å². The maximum Gasteiger partial charge on any atom is 0.124 e. The number of benzene rings is 2. The molecule has 2 aromatic rings. The van der Waals surface area contributed by atoms with E-state index in [1.165, 1.54) is 0 Å².